The summed E-state index contributed by atoms with van der Waals surface area (Å²) in [6.45, 7) is 1.20. The van der Waals surface area contributed by atoms with Crippen molar-refractivity contribution in [2.45, 2.75) is 38.0 Å². The predicted octanol–water partition coefficient (Wildman–Crippen LogP) is 2.09. The Morgan fingerprint density at radius 2 is 2.00 bits per heavy atom. The molecule has 0 atom stereocenters. The summed E-state index contributed by atoms with van der Waals surface area (Å²) < 4.78 is 26.3. The number of rotatable bonds is 5. The third-order valence-corrected chi connectivity index (χ3v) is 6.56. The van der Waals surface area contributed by atoms with Crippen LogP contribution in [0.15, 0.2) is 29.2 Å². The van der Waals surface area contributed by atoms with E-state index in [4.69, 9.17) is 21.1 Å². The van der Waals surface area contributed by atoms with Gasteiger partial charge in [-0.3, -0.25) is 19.2 Å². The molecule has 1 aliphatic heterocycles. The maximum absolute atomic E-state index is 14.2. The monoisotopic (exact) mass is 491 g/mol. The van der Waals surface area contributed by atoms with E-state index in [2.05, 4.69) is 5.32 Å². The Hall–Kier alpha value is -3.24. The summed E-state index contributed by atoms with van der Waals surface area (Å²) in [7, 11) is 3.18. The molecule has 1 saturated carbocycles. The van der Waals surface area contributed by atoms with Gasteiger partial charge in [-0.25, -0.2) is 4.39 Å². The minimum atomic E-state index is -0.910. The van der Waals surface area contributed by atoms with E-state index in [0.29, 0.717) is 19.4 Å². The molecule has 2 heterocycles. The van der Waals surface area contributed by atoms with Crippen LogP contribution in [-0.4, -0.2) is 54.1 Å². The topological polar surface area (TPSA) is 107 Å². The molecule has 1 aromatic heterocycles. The molecular formula is C23H23ClFN3O6. The number of nitrogens with zero attached hydrogens (tertiary/aromatic N) is 2. The number of hydrogen-bond acceptors (Lipinski definition) is 6. The number of fused-ring (bicyclic) bond motifs is 2. The number of hydrogen-bond donors (Lipinski definition) is 1. The molecule has 2 aliphatic rings. The van der Waals surface area contributed by atoms with Crippen LogP contribution in [0.3, 0.4) is 0 Å². The molecule has 1 spiro atoms. The molecule has 0 saturated heterocycles. The van der Waals surface area contributed by atoms with Crippen molar-refractivity contribution < 1.29 is 28.2 Å². The second kappa shape index (κ2) is 8.84. The zero-order chi connectivity index (χ0) is 24.8. The van der Waals surface area contributed by atoms with E-state index in [1.54, 1.807) is 18.7 Å². The third kappa shape index (κ3) is 3.97. The summed E-state index contributed by atoms with van der Waals surface area (Å²) in [4.78, 5) is 52.4. The molecule has 2 aromatic rings. The molecule has 0 bridgehead atoms. The molecule has 1 aromatic carbocycles. The van der Waals surface area contributed by atoms with Crippen molar-refractivity contribution in [1.82, 2.24) is 14.8 Å². The SMILES string of the molecule is CO[C@H]1C[C@@]2(CN(C)C(=O)c3c(OC(C)=O)c(=O)c(C(=O)NCc4cccc(Cl)c4F)cn32)C1. The molecule has 1 N–H and O–H groups in total. The quantitative estimate of drug-likeness (QED) is 0.642. The first-order chi connectivity index (χ1) is 16.1. The molecule has 2 amide bonds. The second-order valence-corrected chi connectivity index (χ2v) is 8.97. The van der Waals surface area contributed by atoms with Crippen molar-refractivity contribution in [3.8, 4) is 5.75 Å². The highest BCUT2D eigenvalue weighted by atomic mass is 35.5. The highest BCUT2D eigenvalue weighted by Crippen LogP contribution is 2.45. The lowest BCUT2D eigenvalue weighted by Crippen LogP contribution is -2.61. The van der Waals surface area contributed by atoms with E-state index in [1.807, 2.05) is 0 Å². The third-order valence-electron chi connectivity index (χ3n) is 6.27. The van der Waals surface area contributed by atoms with Gasteiger partial charge in [0.1, 0.15) is 11.4 Å². The van der Waals surface area contributed by atoms with Gasteiger partial charge in [-0.2, -0.15) is 0 Å². The summed E-state index contributed by atoms with van der Waals surface area (Å²) in [5.41, 5.74) is -1.84. The first-order valence-corrected chi connectivity index (χ1v) is 10.9. The Balaban J connectivity index is 1.78. The van der Waals surface area contributed by atoms with Crippen LogP contribution >= 0.6 is 11.6 Å². The number of esters is 1. The molecular weight excluding hydrogens is 469 g/mol. The molecule has 1 fully saturated rings. The number of carbonyl (C=O) groups excluding carboxylic acids is 3. The second-order valence-electron chi connectivity index (χ2n) is 8.56. The minimum Gasteiger partial charge on any atom is -0.420 e. The Labute approximate surface area is 199 Å². The fraction of sp³-hybridized carbons (Fsp3) is 0.391. The number of methoxy groups -OCH3 is 1. The number of benzene rings is 1. The van der Waals surface area contributed by atoms with Gasteiger partial charge in [-0.15, -0.1) is 0 Å². The van der Waals surface area contributed by atoms with Gasteiger partial charge in [0.15, 0.2) is 5.69 Å². The summed E-state index contributed by atoms with van der Waals surface area (Å²) in [5.74, 6) is -3.31. The molecule has 9 nitrogen and oxygen atoms in total. The van der Waals surface area contributed by atoms with E-state index in [0.717, 1.165) is 6.92 Å². The molecule has 34 heavy (non-hydrogen) atoms. The number of pyridine rings is 1. The summed E-state index contributed by atoms with van der Waals surface area (Å²) >= 11 is 5.79. The standard InChI is InChI=1S/C23H23ClFN3O6/c1-12(29)34-20-18-22(32)27(2)11-23(7-14(8-23)33-3)28(18)10-15(19(20)30)21(31)26-9-13-5-4-6-16(24)17(13)25/h4-6,10,14H,7-9,11H2,1-3H3,(H,26,31)/t14-,23-. The van der Waals surface area contributed by atoms with Crippen molar-refractivity contribution in [1.29, 1.82) is 0 Å². The van der Waals surface area contributed by atoms with E-state index < -0.39 is 40.3 Å². The van der Waals surface area contributed by atoms with E-state index in [9.17, 15) is 23.6 Å². The number of aromatic nitrogens is 1. The normalized spacial score (nSPS) is 21.1. The summed E-state index contributed by atoms with van der Waals surface area (Å²) in [6.07, 6.45) is 2.32. The Bertz CT molecular complexity index is 1250. The zero-order valence-corrected chi connectivity index (χ0v) is 19.6. The van der Waals surface area contributed by atoms with Gasteiger partial charge in [0, 0.05) is 45.9 Å². The molecule has 4 rings (SSSR count). The smallest absolute Gasteiger partial charge is 0.308 e. The van der Waals surface area contributed by atoms with Crippen LogP contribution in [0.5, 0.6) is 5.75 Å². The van der Waals surface area contributed by atoms with Crippen molar-refractivity contribution in [2.75, 3.05) is 20.7 Å². The Morgan fingerprint density at radius 3 is 2.65 bits per heavy atom. The van der Waals surface area contributed by atoms with Gasteiger partial charge in [0.25, 0.3) is 11.8 Å². The lowest BCUT2D eigenvalue weighted by atomic mass is 9.72. The number of amides is 2. The van der Waals surface area contributed by atoms with Crippen LogP contribution in [0.25, 0.3) is 0 Å². The van der Waals surface area contributed by atoms with E-state index >= 15 is 0 Å². The highest BCUT2D eigenvalue weighted by Gasteiger charge is 2.52. The maximum atomic E-state index is 14.2. The largest absolute Gasteiger partial charge is 0.420 e. The Kier molecular flexibility index (Phi) is 6.22. The van der Waals surface area contributed by atoms with Gasteiger partial charge < -0.3 is 24.3 Å². The van der Waals surface area contributed by atoms with Crippen LogP contribution in [0.2, 0.25) is 5.02 Å². The summed E-state index contributed by atoms with van der Waals surface area (Å²) in [6, 6.07) is 4.37. The number of nitrogens with one attached hydrogen (secondary N) is 1. The predicted molar refractivity (Wildman–Crippen MR) is 120 cm³/mol. The van der Waals surface area contributed by atoms with Crippen molar-refractivity contribution in [2.24, 2.45) is 0 Å². The maximum Gasteiger partial charge on any atom is 0.308 e. The number of likely N-dealkylation sites (N-methyl/N-ethyl adjacent to an activating group) is 1. The fourth-order valence-electron chi connectivity index (χ4n) is 4.57. The van der Waals surface area contributed by atoms with Gasteiger partial charge in [-0.1, -0.05) is 23.7 Å². The van der Waals surface area contributed by atoms with E-state index in [-0.39, 0.29) is 34.5 Å². The molecule has 0 radical (unpaired) electrons. The van der Waals surface area contributed by atoms with Crippen LogP contribution in [-0.2, 0) is 21.6 Å². The van der Waals surface area contributed by atoms with Crippen LogP contribution < -0.4 is 15.5 Å². The van der Waals surface area contributed by atoms with Crippen LogP contribution in [0.4, 0.5) is 4.39 Å². The van der Waals surface area contributed by atoms with Crippen molar-refractivity contribution in [3.63, 3.8) is 0 Å². The highest BCUT2D eigenvalue weighted by molar-refractivity contribution is 6.30. The molecule has 11 heteroatoms. The number of carbonyl (C=O) groups is 3. The van der Waals surface area contributed by atoms with Gasteiger partial charge in [-0.05, 0) is 18.9 Å². The lowest BCUT2D eigenvalue weighted by Gasteiger charge is -2.53. The van der Waals surface area contributed by atoms with Gasteiger partial charge in [0.2, 0.25) is 11.2 Å². The Morgan fingerprint density at radius 1 is 1.29 bits per heavy atom. The summed E-state index contributed by atoms with van der Waals surface area (Å²) in [5, 5.41) is 2.41. The molecule has 1 aliphatic carbocycles. The van der Waals surface area contributed by atoms with Crippen molar-refractivity contribution >= 4 is 29.4 Å². The van der Waals surface area contributed by atoms with Crippen LogP contribution in [0.1, 0.15) is 46.2 Å². The lowest BCUT2D eigenvalue weighted by molar-refractivity contribution is -0.132. The zero-order valence-electron chi connectivity index (χ0n) is 18.8. The number of halogens is 2. The first-order valence-electron chi connectivity index (χ1n) is 10.6. The number of ether oxygens (including phenoxy) is 2. The van der Waals surface area contributed by atoms with Crippen LogP contribution in [0, 0.1) is 5.82 Å². The fourth-order valence-corrected chi connectivity index (χ4v) is 4.77. The van der Waals surface area contributed by atoms with Gasteiger partial charge in [0.05, 0.1) is 16.7 Å². The molecule has 180 valence electrons. The van der Waals surface area contributed by atoms with Crippen molar-refractivity contribution in [3.05, 3.63) is 62.3 Å². The van der Waals surface area contributed by atoms with E-state index in [1.165, 1.54) is 29.3 Å². The average molecular weight is 492 g/mol. The minimum absolute atomic E-state index is 0.0610. The average Bonchev–Trinajstić information content (AvgIpc) is 2.76. The van der Waals surface area contributed by atoms with Gasteiger partial charge >= 0.3 is 5.97 Å². The first kappa shape index (κ1) is 23.9. The molecule has 0 unspecified atom stereocenters.